The molecule has 3 nitrogen and oxygen atoms in total. The van der Waals surface area contributed by atoms with Gasteiger partial charge in [-0.05, 0) is 58.2 Å². The van der Waals surface area contributed by atoms with Crippen LogP contribution in [0.3, 0.4) is 0 Å². The minimum absolute atomic E-state index is 0.625. The van der Waals surface area contributed by atoms with E-state index in [1.807, 2.05) is 6.20 Å². The summed E-state index contributed by atoms with van der Waals surface area (Å²) in [6, 6.07) is 4.30. The first-order valence-electron chi connectivity index (χ1n) is 7.06. The predicted molar refractivity (Wildman–Crippen MR) is 74.9 cm³/mol. The quantitative estimate of drug-likeness (QED) is 0.868. The van der Waals surface area contributed by atoms with Gasteiger partial charge in [0, 0.05) is 24.3 Å². The average Bonchev–Trinajstić information content (AvgIpc) is 2.58. The Kier molecular flexibility index (Phi) is 3.02. The lowest BCUT2D eigenvalue weighted by Gasteiger charge is -2.37. The number of hydrogen-bond acceptors (Lipinski definition) is 3. The Bertz CT molecular complexity index is 409. The summed E-state index contributed by atoms with van der Waals surface area (Å²) in [5.41, 5.74) is 3.70. The highest BCUT2D eigenvalue weighted by Crippen LogP contribution is 2.35. The molecule has 2 bridgehead atoms. The van der Waals surface area contributed by atoms with Crippen LogP contribution >= 0.6 is 0 Å². The molecule has 3 rings (SSSR count). The zero-order valence-electron chi connectivity index (χ0n) is 11.6. The molecule has 1 aromatic heterocycles. The van der Waals surface area contributed by atoms with E-state index in [0.717, 1.165) is 17.8 Å². The van der Waals surface area contributed by atoms with Crippen molar-refractivity contribution < 1.29 is 0 Å². The Labute approximate surface area is 110 Å². The van der Waals surface area contributed by atoms with Crippen LogP contribution in [-0.2, 0) is 0 Å². The SMILES string of the molecule is Cc1ccnc(C)c1NC1CC2CCC(C1)N2C. The number of hydrogen-bond donors (Lipinski definition) is 1. The van der Waals surface area contributed by atoms with Crippen molar-refractivity contribution in [3.05, 3.63) is 23.5 Å². The summed E-state index contributed by atoms with van der Waals surface area (Å²) >= 11 is 0. The van der Waals surface area contributed by atoms with Crippen molar-refractivity contribution in [1.29, 1.82) is 0 Å². The fourth-order valence-corrected chi connectivity index (χ4v) is 3.65. The minimum atomic E-state index is 0.625. The molecule has 2 unspecified atom stereocenters. The molecule has 1 aromatic rings. The van der Waals surface area contributed by atoms with Crippen molar-refractivity contribution >= 4 is 5.69 Å². The van der Waals surface area contributed by atoms with Crippen LogP contribution < -0.4 is 5.32 Å². The molecule has 0 aromatic carbocycles. The van der Waals surface area contributed by atoms with Gasteiger partial charge in [-0.15, -0.1) is 0 Å². The van der Waals surface area contributed by atoms with E-state index in [4.69, 9.17) is 0 Å². The van der Waals surface area contributed by atoms with Crippen LogP contribution in [0.1, 0.15) is 36.9 Å². The summed E-state index contributed by atoms with van der Waals surface area (Å²) < 4.78 is 0. The molecular formula is C15H23N3. The van der Waals surface area contributed by atoms with Crippen LogP contribution in [0.15, 0.2) is 12.3 Å². The Morgan fingerprint density at radius 2 is 1.89 bits per heavy atom. The molecule has 98 valence electrons. The summed E-state index contributed by atoms with van der Waals surface area (Å²) in [6.07, 6.45) is 7.21. The van der Waals surface area contributed by atoms with E-state index in [-0.39, 0.29) is 0 Å². The van der Waals surface area contributed by atoms with Crippen LogP contribution in [0.5, 0.6) is 0 Å². The van der Waals surface area contributed by atoms with Gasteiger partial charge in [0.2, 0.25) is 0 Å². The first kappa shape index (κ1) is 12.0. The van der Waals surface area contributed by atoms with Gasteiger partial charge in [-0.3, -0.25) is 4.98 Å². The maximum absolute atomic E-state index is 4.40. The van der Waals surface area contributed by atoms with Crippen molar-refractivity contribution in [3.8, 4) is 0 Å². The Hall–Kier alpha value is -1.09. The van der Waals surface area contributed by atoms with Crippen molar-refractivity contribution in [2.45, 2.75) is 57.7 Å². The van der Waals surface area contributed by atoms with E-state index < -0.39 is 0 Å². The van der Waals surface area contributed by atoms with Crippen LogP contribution in [0, 0.1) is 13.8 Å². The zero-order chi connectivity index (χ0) is 12.7. The number of aromatic nitrogens is 1. The highest BCUT2D eigenvalue weighted by atomic mass is 15.2. The number of pyridine rings is 1. The summed E-state index contributed by atoms with van der Waals surface area (Å²) in [5, 5.41) is 3.75. The van der Waals surface area contributed by atoms with E-state index in [9.17, 15) is 0 Å². The molecule has 2 atom stereocenters. The highest BCUT2D eigenvalue weighted by Gasteiger charge is 2.38. The molecule has 0 amide bonds. The van der Waals surface area contributed by atoms with E-state index in [0.29, 0.717) is 6.04 Å². The second kappa shape index (κ2) is 4.54. The van der Waals surface area contributed by atoms with Crippen molar-refractivity contribution in [1.82, 2.24) is 9.88 Å². The van der Waals surface area contributed by atoms with Crippen molar-refractivity contribution in [2.24, 2.45) is 0 Å². The number of fused-ring (bicyclic) bond motifs is 2. The third kappa shape index (κ3) is 2.01. The number of aryl methyl sites for hydroxylation is 2. The number of nitrogens with one attached hydrogen (secondary N) is 1. The minimum Gasteiger partial charge on any atom is -0.381 e. The molecule has 3 heterocycles. The fraction of sp³-hybridized carbons (Fsp3) is 0.667. The topological polar surface area (TPSA) is 28.2 Å². The standard InChI is InChI=1S/C15H23N3/c1-10-6-7-16-11(2)15(10)17-12-8-13-4-5-14(9-12)18(13)3/h6-7,12-14,17H,4-5,8-9H2,1-3H3. The van der Waals surface area contributed by atoms with Crippen LogP contribution in [0.25, 0.3) is 0 Å². The van der Waals surface area contributed by atoms with Gasteiger partial charge in [0.15, 0.2) is 0 Å². The second-order valence-electron chi connectivity index (χ2n) is 5.95. The van der Waals surface area contributed by atoms with E-state index in [1.54, 1.807) is 0 Å². The number of piperidine rings is 1. The zero-order valence-corrected chi connectivity index (χ0v) is 11.6. The van der Waals surface area contributed by atoms with Gasteiger partial charge in [0.25, 0.3) is 0 Å². The number of nitrogens with zero attached hydrogens (tertiary/aromatic N) is 2. The molecule has 18 heavy (non-hydrogen) atoms. The van der Waals surface area contributed by atoms with Crippen molar-refractivity contribution in [3.63, 3.8) is 0 Å². The molecular weight excluding hydrogens is 222 g/mol. The van der Waals surface area contributed by atoms with Gasteiger partial charge in [-0.25, -0.2) is 0 Å². The second-order valence-corrected chi connectivity index (χ2v) is 5.95. The largest absolute Gasteiger partial charge is 0.381 e. The van der Waals surface area contributed by atoms with Crippen LogP contribution in [0.4, 0.5) is 5.69 Å². The van der Waals surface area contributed by atoms with Gasteiger partial charge in [-0.1, -0.05) is 0 Å². The number of anilines is 1. The first-order chi connectivity index (χ1) is 8.65. The molecule has 0 spiro atoms. The Morgan fingerprint density at radius 1 is 1.22 bits per heavy atom. The number of rotatable bonds is 2. The molecule has 0 saturated carbocycles. The fourth-order valence-electron chi connectivity index (χ4n) is 3.65. The van der Waals surface area contributed by atoms with Gasteiger partial charge in [-0.2, -0.15) is 0 Å². The average molecular weight is 245 g/mol. The van der Waals surface area contributed by atoms with Gasteiger partial charge >= 0.3 is 0 Å². The third-order valence-electron chi connectivity index (χ3n) is 4.80. The summed E-state index contributed by atoms with van der Waals surface area (Å²) in [5.74, 6) is 0. The molecule has 2 aliphatic rings. The third-order valence-corrected chi connectivity index (χ3v) is 4.80. The van der Waals surface area contributed by atoms with Gasteiger partial charge < -0.3 is 10.2 Å². The highest BCUT2D eigenvalue weighted by molar-refractivity contribution is 5.54. The van der Waals surface area contributed by atoms with E-state index in [1.165, 1.54) is 36.9 Å². The van der Waals surface area contributed by atoms with Gasteiger partial charge in [0.1, 0.15) is 0 Å². The maximum Gasteiger partial charge on any atom is 0.0606 e. The van der Waals surface area contributed by atoms with E-state index >= 15 is 0 Å². The van der Waals surface area contributed by atoms with Crippen molar-refractivity contribution in [2.75, 3.05) is 12.4 Å². The molecule has 1 N–H and O–H groups in total. The monoisotopic (exact) mass is 245 g/mol. The first-order valence-corrected chi connectivity index (χ1v) is 7.06. The molecule has 2 aliphatic heterocycles. The van der Waals surface area contributed by atoms with Gasteiger partial charge in [0.05, 0.1) is 11.4 Å². The normalized spacial score (nSPS) is 31.6. The molecule has 0 radical (unpaired) electrons. The predicted octanol–water partition coefficient (Wildman–Crippen LogP) is 2.74. The lowest BCUT2D eigenvalue weighted by Crippen LogP contribution is -2.44. The Balaban J connectivity index is 1.74. The molecule has 3 heteroatoms. The van der Waals surface area contributed by atoms with Crippen LogP contribution in [0.2, 0.25) is 0 Å². The summed E-state index contributed by atoms with van der Waals surface area (Å²) in [7, 11) is 2.29. The molecule has 2 saturated heterocycles. The van der Waals surface area contributed by atoms with Crippen LogP contribution in [-0.4, -0.2) is 35.1 Å². The smallest absolute Gasteiger partial charge is 0.0606 e. The maximum atomic E-state index is 4.40. The molecule has 2 fully saturated rings. The van der Waals surface area contributed by atoms with E-state index in [2.05, 4.69) is 42.2 Å². The Morgan fingerprint density at radius 3 is 2.50 bits per heavy atom. The lowest BCUT2D eigenvalue weighted by atomic mass is 9.97. The summed E-state index contributed by atoms with van der Waals surface area (Å²) in [6.45, 7) is 4.26. The lowest BCUT2D eigenvalue weighted by molar-refractivity contribution is 0.169. The summed E-state index contributed by atoms with van der Waals surface area (Å²) in [4.78, 5) is 6.99. The molecule has 0 aliphatic carbocycles.